The molecule has 2 rings (SSSR count). The highest BCUT2D eigenvalue weighted by atomic mass is 35.5. The van der Waals surface area contributed by atoms with E-state index in [1.54, 1.807) is 35.9 Å². The average Bonchev–Trinajstić information content (AvgIpc) is 2.81. The summed E-state index contributed by atoms with van der Waals surface area (Å²) in [7, 11) is 0. The molecule has 0 aliphatic carbocycles. The molecule has 1 heterocycles. The molecular formula is C18H22ClN3O3. The van der Waals surface area contributed by atoms with Crippen LogP contribution in [0.1, 0.15) is 36.8 Å². The van der Waals surface area contributed by atoms with Crippen molar-refractivity contribution in [1.82, 2.24) is 9.78 Å². The van der Waals surface area contributed by atoms with Gasteiger partial charge in [-0.3, -0.25) is 9.48 Å². The van der Waals surface area contributed by atoms with Gasteiger partial charge in [0.1, 0.15) is 10.7 Å². The molecule has 0 aliphatic rings. The molecule has 0 saturated heterocycles. The number of esters is 1. The fourth-order valence-corrected chi connectivity index (χ4v) is 2.61. The summed E-state index contributed by atoms with van der Waals surface area (Å²) < 4.78 is 6.84. The summed E-state index contributed by atoms with van der Waals surface area (Å²) >= 11 is 6.26. The molecule has 2 aromatic rings. The van der Waals surface area contributed by atoms with Crippen LogP contribution in [0.5, 0.6) is 0 Å². The van der Waals surface area contributed by atoms with Gasteiger partial charge in [0.25, 0.3) is 5.91 Å². The number of anilines is 1. The number of nitrogens with one attached hydrogen (secondary N) is 1. The van der Waals surface area contributed by atoms with Gasteiger partial charge in [-0.15, -0.1) is 0 Å². The summed E-state index contributed by atoms with van der Waals surface area (Å²) in [5.74, 6) is -0.743. The molecule has 0 radical (unpaired) electrons. The Balaban J connectivity index is 2.06. The lowest BCUT2D eigenvalue weighted by atomic mass is 10.2. The molecule has 0 fully saturated rings. The van der Waals surface area contributed by atoms with Crippen LogP contribution < -0.4 is 5.32 Å². The molecular weight excluding hydrogens is 342 g/mol. The van der Waals surface area contributed by atoms with E-state index in [2.05, 4.69) is 10.4 Å². The predicted octanol–water partition coefficient (Wildman–Crippen LogP) is 3.68. The molecule has 0 bridgehead atoms. The normalized spacial score (nSPS) is 12.1. The van der Waals surface area contributed by atoms with Crippen LogP contribution in [0.3, 0.4) is 0 Å². The molecule has 134 valence electrons. The zero-order valence-corrected chi connectivity index (χ0v) is 15.5. The van der Waals surface area contributed by atoms with Crippen LogP contribution in [0.25, 0.3) is 0 Å². The Bertz CT molecular complexity index is 756. The summed E-state index contributed by atoms with van der Waals surface area (Å²) in [6.07, 6.45) is -0.961. The van der Waals surface area contributed by atoms with Crippen molar-refractivity contribution >= 4 is 29.2 Å². The number of aryl methyl sites for hydroxylation is 1. The molecule has 1 aromatic carbocycles. The zero-order chi connectivity index (χ0) is 18.6. The van der Waals surface area contributed by atoms with Crippen molar-refractivity contribution in [2.24, 2.45) is 5.92 Å². The van der Waals surface area contributed by atoms with Crippen molar-refractivity contribution in [3.8, 4) is 0 Å². The van der Waals surface area contributed by atoms with Crippen molar-refractivity contribution in [3.05, 3.63) is 46.7 Å². The quantitative estimate of drug-likeness (QED) is 0.794. The summed E-state index contributed by atoms with van der Waals surface area (Å²) in [6.45, 7) is 7.85. The number of benzene rings is 1. The van der Waals surface area contributed by atoms with Crippen molar-refractivity contribution in [3.63, 3.8) is 0 Å². The Hall–Kier alpha value is -2.34. The standard InChI is InChI=1S/C18H22ClN3O3/c1-11(2)10-22-16(19)15(12(3)21-22)18(24)25-13(4)17(23)20-14-8-6-5-7-9-14/h5-9,11,13H,10H2,1-4H3,(H,20,23). The van der Waals surface area contributed by atoms with E-state index < -0.39 is 18.0 Å². The topological polar surface area (TPSA) is 73.2 Å². The lowest BCUT2D eigenvalue weighted by Gasteiger charge is -2.13. The van der Waals surface area contributed by atoms with Crippen LogP contribution >= 0.6 is 11.6 Å². The van der Waals surface area contributed by atoms with Crippen LogP contribution in [0, 0.1) is 12.8 Å². The molecule has 0 spiro atoms. The molecule has 1 unspecified atom stereocenters. The molecule has 6 nitrogen and oxygen atoms in total. The van der Waals surface area contributed by atoms with Gasteiger partial charge in [0.15, 0.2) is 6.10 Å². The second-order valence-electron chi connectivity index (χ2n) is 6.23. The van der Waals surface area contributed by atoms with Crippen LogP contribution in [0.15, 0.2) is 30.3 Å². The van der Waals surface area contributed by atoms with Gasteiger partial charge >= 0.3 is 5.97 Å². The van der Waals surface area contributed by atoms with Gasteiger partial charge in [0.05, 0.1) is 5.69 Å². The minimum Gasteiger partial charge on any atom is -0.449 e. The fraction of sp³-hybridized carbons (Fsp3) is 0.389. The van der Waals surface area contributed by atoms with E-state index in [4.69, 9.17) is 16.3 Å². The van der Waals surface area contributed by atoms with Crippen LogP contribution in [0.4, 0.5) is 5.69 Å². The van der Waals surface area contributed by atoms with E-state index in [1.807, 2.05) is 19.9 Å². The Morgan fingerprint density at radius 1 is 1.24 bits per heavy atom. The highest BCUT2D eigenvalue weighted by molar-refractivity contribution is 6.32. The number of carbonyl (C=O) groups excluding carboxylic acids is 2. The first-order valence-electron chi connectivity index (χ1n) is 8.09. The largest absolute Gasteiger partial charge is 0.449 e. The minimum atomic E-state index is -0.961. The second kappa shape index (κ2) is 8.16. The molecule has 1 amide bonds. The Labute approximate surface area is 152 Å². The molecule has 1 N–H and O–H groups in total. The van der Waals surface area contributed by atoms with Crippen molar-refractivity contribution in [1.29, 1.82) is 0 Å². The number of hydrogen-bond donors (Lipinski definition) is 1. The third kappa shape index (κ3) is 4.82. The fourth-order valence-electron chi connectivity index (χ4n) is 2.29. The van der Waals surface area contributed by atoms with E-state index in [-0.39, 0.29) is 10.7 Å². The van der Waals surface area contributed by atoms with Gasteiger partial charge < -0.3 is 10.1 Å². The van der Waals surface area contributed by atoms with Crippen LogP contribution in [0.2, 0.25) is 5.15 Å². The predicted molar refractivity (Wildman–Crippen MR) is 96.8 cm³/mol. The molecule has 7 heteroatoms. The SMILES string of the molecule is Cc1nn(CC(C)C)c(Cl)c1C(=O)OC(C)C(=O)Nc1ccccc1. The van der Waals surface area contributed by atoms with E-state index in [9.17, 15) is 9.59 Å². The minimum absolute atomic E-state index is 0.196. The number of carbonyl (C=O) groups is 2. The van der Waals surface area contributed by atoms with Crippen LogP contribution in [-0.4, -0.2) is 27.8 Å². The lowest BCUT2D eigenvalue weighted by Crippen LogP contribution is -2.30. The summed E-state index contributed by atoms with van der Waals surface area (Å²) in [5.41, 5.74) is 1.31. The lowest BCUT2D eigenvalue weighted by molar-refractivity contribution is -0.123. The Morgan fingerprint density at radius 2 is 1.88 bits per heavy atom. The number of para-hydroxylation sites is 1. The maximum absolute atomic E-state index is 12.4. The second-order valence-corrected chi connectivity index (χ2v) is 6.59. The van der Waals surface area contributed by atoms with Crippen molar-refractivity contribution < 1.29 is 14.3 Å². The number of aromatic nitrogens is 2. The van der Waals surface area contributed by atoms with Gasteiger partial charge in [0.2, 0.25) is 0 Å². The molecule has 0 saturated carbocycles. The monoisotopic (exact) mass is 363 g/mol. The van der Waals surface area contributed by atoms with Gasteiger partial charge in [-0.1, -0.05) is 43.6 Å². The van der Waals surface area contributed by atoms with Gasteiger partial charge in [-0.2, -0.15) is 5.10 Å². The highest BCUT2D eigenvalue weighted by Gasteiger charge is 2.25. The highest BCUT2D eigenvalue weighted by Crippen LogP contribution is 2.22. The van der Waals surface area contributed by atoms with Gasteiger partial charge in [0, 0.05) is 12.2 Å². The van der Waals surface area contributed by atoms with E-state index >= 15 is 0 Å². The zero-order valence-electron chi connectivity index (χ0n) is 14.7. The molecule has 0 aliphatic heterocycles. The van der Waals surface area contributed by atoms with Crippen molar-refractivity contribution in [2.75, 3.05) is 5.32 Å². The number of ether oxygens (including phenoxy) is 1. The van der Waals surface area contributed by atoms with E-state index in [1.165, 1.54) is 6.92 Å². The summed E-state index contributed by atoms with van der Waals surface area (Å²) in [6, 6.07) is 8.96. The third-order valence-electron chi connectivity index (χ3n) is 3.50. The van der Waals surface area contributed by atoms with E-state index in [0.29, 0.717) is 23.8 Å². The van der Waals surface area contributed by atoms with Gasteiger partial charge in [-0.05, 0) is 31.9 Å². The molecule has 1 atom stereocenters. The first-order valence-corrected chi connectivity index (χ1v) is 8.47. The summed E-state index contributed by atoms with van der Waals surface area (Å²) in [5, 5.41) is 7.19. The maximum Gasteiger partial charge on any atom is 0.343 e. The average molecular weight is 364 g/mol. The third-order valence-corrected chi connectivity index (χ3v) is 3.89. The van der Waals surface area contributed by atoms with Crippen molar-refractivity contribution in [2.45, 2.75) is 40.3 Å². The number of hydrogen-bond acceptors (Lipinski definition) is 4. The Kier molecular flexibility index (Phi) is 6.20. The smallest absolute Gasteiger partial charge is 0.343 e. The number of amides is 1. The number of rotatable bonds is 6. The molecule has 1 aromatic heterocycles. The number of nitrogens with zero attached hydrogens (tertiary/aromatic N) is 2. The van der Waals surface area contributed by atoms with E-state index in [0.717, 1.165) is 0 Å². The molecule has 25 heavy (non-hydrogen) atoms. The van der Waals surface area contributed by atoms with Gasteiger partial charge in [-0.25, -0.2) is 4.79 Å². The maximum atomic E-state index is 12.4. The van der Waals surface area contributed by atoms with Crippen LogP contribution in [-0.2, 0) is 16.1 Å². The first-order chi connectivity index (χ1) is 11.8. The number of halogens is 1. The Morgan fingerprint density at radius 3 is 2.48 bits per heavy atom. The summed E-state index contributed by atoms with van der Waals surface area (Å²) in [4.78, 5) is 24.6. The first kappa shape index (κ1) is 19.0.